The smallest absolute Gasteiger partial charge is 0.227 e. The first-order valence-corrected chi connectivity index (χ1v) is 8.64. The largest absolute Gasteiger partial charge is 0.376 e. The average Bonchev–Trinajstić information content (AvgIpc) is 2.93. The number of aryl methyl sites for hydroxylation is 1. The number of hydrogen-bond acceptors (Lipinski definition) is 3. The molecule has 1 atom stereocenters. The minimum atomic E-state index is -0.0906. The van der Waals surface area contributed by atoms with Crippen LogP contribution in [0.2, 0.25) is 0 Å². The van der Waals surface area contributed by atoms with Crippen LogP contribution in [0.5, 0.6) is 0 Å². The van der Waals surface area contributed by atoms with Gasteiger partial charge in [0, 0.05) is 37.7 Å². The lowest BCUT2D eigenvalue weighted by molar-refractivity contribution is -0.122. The van der Waals surface area contributed by atoms with Crippen molar-refractivity contribution in [2.75, 3.05) is 13.2 Å². The van der Waals surface area contributed by atoms with E-state index in [-0.39, 0.29) is 11.8 Å². The Balaban J connectivity index is 1.59. The van der Waals surface area contributed by atoms with Crippen molar-refractivity contribution < 1.29 is 9.53 Å². The highest BCUT2D eigenvalue weighted by atomic mass is 16.5. The number of rotatable bonds is 6. The predicted molar refractivity (Wildman–Crippen MR) is 92.8 cm³/mol. The van der Waals surface area contributed by atoms with Crippen LogP contribution in [0.1, 0.15) is 41.8 Å². The number of nitrogens with one attached hydrogen (secondary N) is 1. The van der Waals surface area contributed by atoms with Crippen LogP contribution < -0.4 is 5.32 Å². The number of carbonyl (C=O) groups excluding carboxylic acids is 1. The third-order valence-electron chi connectivity index (χ3n) is 4.68. The molecule has 0 saturated heterocycles. The highest BCUT2D eigenvalue weighted by molar-refractivity contribution is 5.83. The van der Waals surface area contributed by atoms with Gasteiger partial charge in [0.25, 0.3) is 0 Å². The average molecular weight is 327 g/mol. The van der Waals surface area contributed by atoms with E-state index in [9.17, 15) is 4.79 Å². The van der Waals surface area contributed by atoms with Crippen molar-refractivity contribution in [3.8, 4) is 0 Å². The third-order valence-corrected chi connectivity index (χ3v) is 4.68. The fourth-order valence-electron chi connectivity index (χ4n) is 3.37. The van der Waals surface area contributed by atoms with Gasteiger partial charge < -0.3 is 10.1 Å². The number of carbonyl (C=O) groups is 1. The van der Waals surface area contributed by atoms with Crippen LogP contribution in [0, 0.1) is 0 Å². The monoisotopic (exact) mass is 327 g/mol. The molecule has 5 nitrogen and oxygen atoms in total. The Bertz CT molecular complexity index is 694. The zero-order valence-corrected chi connectivity index (χ0v) is 14.4. The lowest BCUT2D eigenvalue weighted by Crippen LogP contribution is -2.31. The van der Waals surface area contributed by atoms with Crippen molar-refractivity contribution in [3.63, 3.8) is 0 Å². The summed E-state index contributed by atoms with van der Waals surface area (Å²) in [5.41, 5.74) is 4.58. The minimum Gasteiger partial charge on any atom is -0.376 e. The van der Waals surface area contributed by atoms with Gasteiger partial charge in [-0.25, -0.2) is 0 Å². The molecule has 1 unspecified atom stereocenters. The molecular weight excluding hydrogens is 302 g/mol. The molecule has 0 aliphatic carbocycles. The van der Waals surface area contributed by atoms with Crippen molar-refractivity contribution in [3.05, 3.63) is 52.8 Å². The van der Waals surface area contributed by atoms with E-state index in [2.05, 4.69) is 10.4 Å². The SMILES string of the molecule is CCC(C(=O)NCCc1nn(C)c2c1COCC2)c1ccccc1. The lowest BCUT2D eigenvalue weighted by Gasteiger charge is -2.16. The van der Waals surface area contributed by atoms with Gasteiger partial charge in [0.15, 0.2) is 0 Å². The highest BCUT2D eigenvalue weighted by Crippen LogP contribution is 2.21. The van der Waals surface area contributed by atoms with Crippen LogP contribution in [-0.4, -0.2) is 28.8 Å². The van der Waals surface area contributed by atoms with Crippen molar-refractivity contribution in [2.45, 2.75) is 38.7 Å². The second kappa shape index (κ2) is 7.62. The van der Waals surface area contributed by atoms with E-state index in [0.717, 1.165) is 37.1 Å². The van der Waals surface area contributed by atoms with Gasteiger partial charge in [0.05, 0.1) is 24.8 Å². The number of aromatic nitrogens is 2. The molecule has 0 radical (unpaired) electrons. The normalized spacial score (nSPS) is 14.9. The molecule has 0 saturated carbocycles. The van der Waals surface area contributed by atoms with Crippen LogP contribution >= 0.6 is 0 Å². The van der Waals surface area contributed by atoms with Crippen LogP contribution in [0.25, 0.3) is 0 Å². The molecule has 0 fully saturated rings. The molecule has 24 heavy (non-hydrogen) atoms. The first-order chi connectivity index (χ1) is 11.7. The topological polar surface area (TPSA) is 56.2 Å². The first kappa shape index (κ1) is 16.7. The summed E-state index contributed by atoms with van der Waals surface area (Å²) < 4.78 is 7.50. The Kier molecular flexibility index (Phi) is 5.30. The van der Waals surface area contributed by atoms with E-state index in [0.29, 0.717) is 13.2 Å². The van der Waals surface area contributed by atoms with E-state index < -0.39 is 0 Å². The quantitative estimate of drug-likeness (QED) is 0.886. The van der Waals surface area contributed by atoms with Gasteiger partial charge in [-0.05, 0) is 12.0 Å². The number of ether oxygens (including phenoxy) is 1. The molecule has 3 rings (SSSR count). The Morgan fingerprint density at radius 1 is 1.38 bits per heavy atom. The van der Waals surface area contributed by atoms with E-state index >= 15 is 0 Å². The maximum Gasteiger partial charge on any atom is 0.227 e. The van der Waals surface area contributed by atoms with Gasteiger partial charge in [-0.3, -0.25) is 9.48 Å². The molecule has 1 aromatic heterocycles. The molecule has 1 aliphatic heterocycles. The molecule has 0 bridgehead atoms. The number of hydrogen-bond donors (Lipinski definition) is 1. The summed E-state index contributed by atoms with van der Waals surface area (Å²) in [5.74, 6) is -0.00284. The Labute approximate surface area is 143 Å². The zero-order chi connectivity index (χ0) is 16.9. The first-order valence-electron chi connectivity index (χ1n) is 8.64. The van der Waals surface area contributed by atoms with E-state index in [1.807, 2.05) is 49.0 Å². The van der Waals surface area contributed by atoms with E-state index in [1.54, 1.807) is 0 Å². The van der Waals surface area contributed by atoms with Gasteiger partial charge in [-0.1, -0.05) is 37.3 Å². The second-order valence-electron chi connectivity index (χ2n) is 6.21. The lowest BCUT2D eigenvalue weighted by atomic mass is 9.95. The standard InChI is InChI=1S/C19H25N3O2/c1-3-15(14-7-5-4-6-8-14)19(23)20-11-9-17-16-13-24-12-10-18(16)22(2)21-17/h4-8,15H,3,9-13H2,1-2H3,(H,20,23). The van der Waals surface area contributed by atoms with Gasteiger partial charge in [-0.2, -0.15) is 5.10 Å². The second-order valence-corrected chi connectivity index (χ2v) is 6.21. The fraction of sp³-hybridized carbons (Fsp3) is 0.474. The minimum absolute atomic E-state index is 0.0877. The number of benzene rings is 1. The Morgan fingerprint density at radius 3 is 2.92 bits per heavy atom. The van der Waals surface area contributed by atoms with Crippen molar-refractivity contribution in [1.82, 2.24) is 15.1 Å². The van der Waals surface area contributed by atoms with Gasteiger partial charge in [-0.15, -0.1) is 0 Å². The summed E-state index contributed by atoms with van der Waals surface area (Å²) in [6.45, 7) is 4.04. The number of nitrogens with zero attached hydrogens (tertiary/aromatic N) is 2. The van der Waals surface area contributed by atoms with Crippen LogP contribution in [0.4, 0.5) is 0 Å². The van der Waals surface area contributed by atoms with E-state index in [1.165, 1.54) is 11.3 Å². The van der Waals surface area contributed by atoms with Crippen LogP contribution in [0.3, 0.4) is 0 Å². The molecule has 1 amide bonds. The molecule has 0 spiro atoms. The number of fused-ring (bicyclic) bond motifs is 1. The summed E-state index contributed by atoms with van der Waals surface area (Å²) >= 11 is 0. The van der Waals surface area contributed by atoms with Crippen molar-refractivity contribution in [1.29, 1.82) is 0 Å². The molecule has 2 heterocycles. The molecule has 1 aromatic carbocycles. The van der Waals surface area contributed by atoms with Gasteiger partial charge in [0.2, 0.25) is 5.91 Å². The number of amides is 1. The molecule has 128 valence electrons. The molecular formula is C19H25N3O2. The van der Waals surface area contributed by atoms with Gasteiger partial charge >= 0.3 is 0 Å². The molecule has 2 aromatic rings. The molecule has 1 aliphatic rings. The highest BCUT2D eigenvalue weighted by Gasteiger charge is 2.21. The summed E-state index contributed by atoms with van der Waals surface area (Å²) in [5, 5.41) is 7.67. The zero-order valence-electron chi connectivity index (χ0n) is 14.4. The van der Waals surface area contributed by atoms with Crippen LogP contribution in [-0.2, 0) is 36.0 Å². The maximum absolute atomic E-state index is 12.5. The van der Waals surface area contributed by atoms with Gasteiger partial charge in [0.1, 0.15) is 0 Å². The maximum atomic E-state index is 12.5. The summed E-state index contributed by atoms with van der Waals surface area (Å²) in [4.78, 5) is 12.5. The summed E-state index contributed by atoms with van der Waals surface area (Å²) in [6.07, 6.45) is 2.45. The summed E-state index contributed by atoms with van der Waals surface area (Å²) in [6, 6.07) is 9.96. The molecule has 5 heteroatoms. The van der Waals surface area contributed by atoms with E-state index in [4.69, 9.17) is 4.74 Å². The predicted octanol–water partition coefficient (Wildman–Crippen LogP) is 2.35. The Morgan fingerprint density at radius 2 is 2.17 bits per heavy atom. The summed E-state index contributed by atoms with van der Waals surface area (Å²) in [7, 11) is 1.98. The van der Waals surface area contributed by atoms with Crippen molar-refractivity contribution in [2.24, 2.45) is 7.05 Å². The molecule has 1 N–H and O–H groups in total. The Hall–Kier alpha value is -2.14. The van der Waals surface area contributed by atoms with Crippen molar-refractivity contribution >= 4 is 5.91 Å². The van der Waals surface area contributed by atoms with Crippen LogP contribution in [0.15, 0.2) is 30.3 Å². The fourth-order valence-corrected chi connectivity index (χ4v) is 3.37. The third kappa shape index (κ3) is 3.51.